The van der Waals surface area contributed by atoms with Crippen LogP contribution >= 0.6 is 24.0 Å². The van der Waals surface area contributed by atoms with Gasteiger partial charge in [0.2, 0.25) is 0 Å². The molecule has 2 unspecified atom stereocenters. The van der Waals surface area contributed by atoms with Gasteiger partial charge in [0.1, 0.15) is 0 Å². The number of halogens is 1. The third-order valence-corrected chi connectivity index (χ3v) is 5.40. The topological polar surface area (TPSA) is 69.1 Å². The summed E-state index contributed by atoms with van der Waals surface area (Å²) in [5.41, 5.74) is 0.0113. The van der Waals surface area contributed by atoms with Gasteiger partial charge in [-0.15, -0.1) is 24.0 Å². The van der Waals surface area contributed by atoms with Crippen molar-refractivity contribution < 1.29 is 9.84 Å². The maximum absolute atomic E-state index is 9.35. The third kappa shape index (κ3) is 7.19. The Bertz CT molecular complexity index is 389. The molecule has 2 aliphatic rings. The zero-order valence-corrected chi connectivity index (χ0v) is 18.3. The van der Waals surface area contributed by atoms with Gasteiger partial charge in [-0.2, -0.15) is 0 Å². The molecule has 2 rings (SSSR count). The number of guanidine groups is 1. The lowest BCUT2D eigenvalue weighted by Crippen LogP contribution is -2.49. The van der Waals surface area contributed by atoms with Gasteiger partial charge in [-0.1, -0.05) is 13.3 Å². The van der Waals surface area contributed by atoms with Crippen LogP contribution in [0.4, 0.5) is 0 Å². The highest BCUT2D eigenvalue weighted by atomic mass is 127. The second-order valence-corrected chi connectivity index (χ2v) is 7.13. The predicted octanol–water partition coefficient (Wildman–Crippen LogP) is 1.82. The first kappa shape index (κ1) is 22.9. The van der Waals surface area contributed by atoms with Gasteiger partial charge in [-0.05, 0) is 45.7 Å². The number of likely N-dealkylation sites (tertiary alicyclic amines) is 1. The Labute approximate surface area is 170 Å². The van der Waals surface area contributed by atoms with Gasteiger partial charge >= 0.3 is 0 Å². The number of hydrogen-bond acceptors (Lipinski definition) is 4. The summed E-state index contributed by atoms with van der Waals surface area (Å²) in [5.74, 6) is 0.892. The first-order valence-corrected chi connectivity index (χ1v) is 9.68. The molecule has 2 fully saturated rings. The predicted molar refractivity (Wildman–Crippen MR) is 114 cm³/mol. The van der Waals surface area contributed by atoms with Crippen LogP contribution in [0.2, 0.25) is 0 Å². The van der Waals surface area contributed by atoms with Crippen LogP contribution in [0.15, 0.2) is 4.99 Å². The number of likely N-dealkylation sites (N-methyl/N-ethyl adjacent to an activating group) is 1. The zero-order chi connectivity index (χ0) is 17.3. The second-order valence-electron chi connectivity index (χ2n) is 7.13. The van der Waals surface area contributed by atoms with Crippen molar-refractivity contribution in [3.63, 3.8) is 0 Å². The molecule has 0 radical (unpaired) electrons. The van der Waals surface area contributed by atoms with Crippen LogP contribution in [0.1, 0.15) is 46.0 Å². The molecule has 0 aromatic carbocycles. The van der Waals surface area contributed by atoms with Gasteiger partial charge in [-0.25, -0.2) is 0 Å². The van der Waals surface area contributed by atoms with E-state index < -0.39 is 0 Å². The normalized spacial score (nSPS) is 27.8. The Balaban J connectivity index is 0.00000312. The van der Waals surface area contributed by atoms with Crippen LogP contribution in [0.25, 0.3) is 0 Å². The van der Waals surface area contributed by atoms with Crippen molar-refractivity contribution in [3.8, 4) is 0 Å². The van der Waals surface area contributed by atoms with Gasteiger partial charge in [0.25, 0.3) is 0 Å². The van der Waals surface area contributed by atoms with E-state index >= 15 is 0 Å². The molecule has 0 amide bonds. The number of aliphatic hydroxyl groups excluding tert-OH is 1. The molecule has 2 saturated heterocycles. The number of piperidine rings is 1. The van der Waals surface area contributed by atoms with Gasteiger partial charge in [0.15, 0.2) is 5.96 Å². The quantitative estimate of drug-likeness (QED) is 0.288. The first-order valence-electron chi connectivity index (χ1n) is 9.68. The summed E-state index contributed by atoms with van der Waals surface area (Å²) in [7, 11) is 0. The Morgan fingerprint density at radius 3 is 2.80 bits per heavy atom. The highest BCUT2D eigenvalue weighted by molar-refractivity contribution is 14.0. The fraction of sp³-hybridized carbons (Fsp3) is 0.944. The van der Waals surface area contributed by atoms with Crippen LogP contribution < -0.4 is 10.6 Å². The van der Waals surface area contributed by atoms with Crippen molar-refractivity contribution in [3.05, 3.63) is 0 Å². The molecule has 25 heavy (non-hydrogen) atoms. The highest BCUT2D eigenvalue weighted by Crippen LogP contribution is 2.32. The Morgan fingerprint density at radius 2 is 2.16 bits per heavy atom. The molecule has 2 atom stereocenters. The summed E-state index contributed by atoms with van der Waals surface area (Å²) in [6.45, 7) is 10.9. The van der Waals surface area contributed by atoms with Crippen molar-refractivity contribution in [2.24, 2.45) is 10.4 Å². The van der Waals surface area contributed by atoms with Crippen molar-refractivity contribution in [2.45, 2.75) is 52.0 Å². The molecule has 0 aliphatic carbocycles. The first-order chi connectivity index (χ1) is 11.7. The molecule has 2 heterocycles. The summed E-state index contributed by atoms with van der Waals surface area (Å²) in [5, 5.41) is 16.2. The summed E-state index contributed by atoms with van der Waals surface area (Å²) in [4.78, 5) is 7.37. The van der Waals surface area contributed by atoms with Crippen LogP contribution in [-0.4, -0.2) is 74.6 Å². The van der Waals surface area contributed by atoms with E-state index in [4.69, 9.17) is 9.73 Å². The lowest BCUT2D eigenvalue weighted by Gasteiger charge is -2.35. The van der Waals surface area contributed by atoms with Crippen LogP contribution in [0.5, 0.6) is 0 Å². The molecule has 0 spiro atoms. The molecular weight excluding hydrogens is 431 g/mol. The van der Waals surface area contributed by atoms with E-state index in [1.807, 2.05) is 0 Å². The fourth-order valence-corrected chi connectivity index (χ4v) is 3.80. The lowest BCUT2D eigenvalue weighted by molar-refractivity contribution is 0.131. The van der Waals surface area contributed by atoms with E-state index in [2.05, 4.69) is 29.4 Å². The van der Waals surface area contributed by atoms with Crippen molar-refractivity contribution in [1.82, 2.24) is 15.5 Å². The number of ether oxygens (including phenoxy) is 1. The smallest absolute Gasteiger partial charge is 0.191 e. The lowest BCUT2D eigenvalue weighted by atomic mass is 9.84. The molecule has 0 aromatic heterocycles. The molecule has 3 N–H and O–H groups in total. The van der Waals surface area contributed by atoms with E-state index in [0.29, 0.717) is 19.2 Å². The average Bonchev–Trinajstić information content (AvgIpc) is 3.07. The average molecular weight is 468 g/mol. The van der Waals surface area contributed by atoms with E-state index in [9.17, 15) is 5.11 Å². The maximum atomic E-state index is 9.35. The number of nitrogens with zero attached hydrogens (tertiary/aromatic N) is 2. The van der Waals surface area contributed by atoms with Gasteiger partial charge < -0.3 is 20.5 Å². The summed E-state index contributed by atoms with van der Waals surface area (Å²) >= 11 is 0. The standard InChI is InChI=1S/C18H36N4O2.HI/c1-3-19-17(20-13-16-7-5-6-10-22(16)4-2)21-14-18(8-11-23)9-12-24-15-18;/h16,23H,3-15H2,1-2H3,(H2,19,20,21);1H. The zero-order valence-electron chi connectivity index (χ0n) is 15.9. The van der Waals surface area contributed by atoms with Crippen molar-refractivity contribution >= 4 is 29.9 Å². The summed E-state index contributed by atoms with van der Waals surface area (Å²) in [6, 6.07) is 0.605. The monoisotopic (exact) mass is 468 g/mol. The van der Waals surface area contributed by atoms with E-state index in [1.54, 1.807) is 0 Å². The Hall–Kier alpha value is -0.120. The number of aliphatic hydroxyl groups is 1. The minimum atomic E-state index is 0. The van der Waals surface area contributed by atoms with E-state index in [-0.39, 0.29) is 36.0 Å². The summed E-state index contributed by atoms with van der Waals surface area (Å²) < 4.78 is 5.56. The summed E-state index contributed by atoms with van der Waals surface area (Å²) in [6.07, 6.45) is 5.67. The Kier molecular flexibility index (Phi) is 11.3. The molecule has 0 bridgehead atoms. The van der Waals surface area contributed by atoms with Crippen LogP contribution in [0, 0.1) is 5.41 Å². The molecule has 0 aromatic rings. The van der Waals surface area contributed by atoms with Crippen LogP contribution in [0.3, 0.4) is 0 Å². The maximum Gasteiger partial charge on any atom is 0.191 e. The minimum Gasteiger partial charge on any atom is -0.396 e. The molecule has 148 valence electrons. The largest absolute Gasteiger partial charge is 0.396 e. The van der Waals surface area contributed by atoms with Gasteiger partial charge in [0.05, 0.1) is 13.2 Å². The van der Waals surface area contributed by atoms with Gasteiger partial charge in [0, 0.05) is 37.8 Å². The SMILES string of the molecule is CCNC(=NCC1(CCO)CCOC1)NCC1CCCCN1CC.I. The van der Waals surface area contributed by atoms with Crippen molar-refractivity contribution in [1.29, 1.82) is 0 Å². The molecule has 7 heteroatoms. The molecule has 2 aliphatic heterocycles. The highest BCUT2D eigenvalue weighted by Gasteiger charge is 2.34. The number of nitrogens with one attached hydrogen (secondary N) is 2. The Morgan fingerprint density at radius 1 is 1.32 bits per heavy atom. The second kappa shape index (κ2) is 12.3. The third-order valence-electron chi connectivity index (χ3n) is 5.40. The number of hydrogen-bond donors (Lipinski definition) is 3. The number of aliphatic imine (C=N–C) groups is 1. The number of rotatable bonds is 8. The van der Waals surface area contributed by atoms with E-state index in [1.165, 1.54) is 25.8 Å². The molecular formula is C18H37IN4O2. The fourth-order valence-electron chi connectivity index (χ4n) is 3.80. The van der Waals surface area contributed by atoms with Crippen LogP contribution in [-0.2, 0) is 4.74 Å². The molecule has 6 nitrogen and oxygen atoms in total. The van der Waals surface area contributed by atoms with E-state index in [0.717, 1.165) is 45.0 Å². The molecule has 0 saturated carbocycles. The van der Waals surface area contributed by atoms with Gasteiger partial charge in [-0.3, -0.25) is 9.89 Å². The minimum absolute atomic E-state index is 0. The van der Waals surface area contributed by atoms with Crippen molar-refractivity contribution in [2.75, 3.05) is 52.5 Å².